The maximum Gasteiger partial charge on any atom is 0.220 e. The van der Waals surface area contributed by atoms with Crippen molar-refractivity contribution in [2.75, 3.05) is 0 Å². The molecule has 0 saturated heterocycles. The Morgan fingerprint density at radius 3 is 2.46 bits per heavy atom. The summed E-state index contributed by atoms with van der Waals surface area (Å²) < 4.78 is 0. The minimum atomic E-state index is -0.0924. The molecule has 1 aliphatic rings. The first-order valence-corrected chi connectivity index (χ1v) is 5.31. The van der Waals surface area contributed by atoms with Crippen LogP contribution in [0, 0.1) is 23.7 Å². The van der Waals surface area contributed by atoms with E-state index in [2.05, 4.69) is 20.8 Å². The number of primary amides is 1. The van der Waals surface area contributed by atoms with Gasteiger partial charge in [-0.25, -0.2) is 0 Å². The van der Waals surface area contributed by atoms with Crippen LogP contribution in [0.3, 0.4) is 0 Å². The van der Waals surface area contributed by atoms with E-state index in [4.69, 9.17) is 5.73 Å². The van der Waals surface area contributed by atoms with Crippen LogP contribution in [0.1, 0.15) is 40.0 Å². The predicted molar refractivity (Wildman–Crippen MR) is 54.0 cm³/mol. The fraction of sp³-hybridized carbons (Fsp3) is 0.909. The second-order valence-electron chi connectivity index (χ2n) is 4.83. The van der Waals surface area contributed by atoms with Crippen molar-refractivity contribution in [1.82, 2.24) is 0 Å². The summed E-state index contributed by atoms with van der Waals surface area (Å²) in [6, 6.07) is 0. The molecular weight excluding hydrogens is 162 g/mol. The summed E-state index contributed by atoms with van der Waals surface area (Å²) in [4.78, 5) is 11.2. The van der Waals surface area contributed by atoms with Gasteiger partial charge in [-0.15, -0.1) is 0 Å². The minimum absolute atomic E-state index is 0.0924. The summed E-state index contributed by atoms with van der Waals surface area (Å²) in [5, 5.41) is 0. The van der Waals surface area contributed by atoms with E-state index >= 15 is 0 Å². The van der Waals surface area contributed by atoms with Crippen LogP contribution in [0.15, 0.2) is 0 Å². The highest BCUT2D eigenvalue weighted by atomic mass is 16.1. The Hall–Kier alpha value is -0.530. The maximum atomic E-state index is 11.2. The van der Waals surface area contributed by atoms with Crippen molar-refractivity contribution in [3.63, 3.8) is 0 Å². The number of hydrogen-bond donors (Lipinski definition) is 1. The number of nitrogens with two attached hydrogens (primary N) is 1. The number of carbonyl (C=O) groups excluding carboxylic acids is 1. The van der Waals surface area contributed by atoms with Gasteiger partial charge in [0, 0.05) is 5.92 Å². The minimum Gasteiger partial charge on any atom is -0.369 e. The topological polar surface area (TPSA) is 43.1 Å². The van der Waals surface area contributed by atoms with E-state index in [-0.39, 0.29) is 11.8 Å². The molecule has 0 bridgehead atoms. The van der Waals surface area contributed by atoms with Crippen LogP contribution in [0.25, 0.3) is 0 Å². The molecule has 1 saturated carbocycles. The highest BCUT2D eigenvalue weighted by Crippen LogP contribution is 2.37. The standard InChI is InChI=1S/C11H21NO/c1-7(2)9-5-4-8(3)6-10(9)11(12)13/h7-10H,4-6H2,1-3H3,(H2,12,13)/t8?,9?,10-/m1/s1. The zero-order valence-electron chi connectivity index (χ0n) is 8.92. The van der Waals surface area contributed by atoms with Gasteiger partial charge in [0.2, 0.25) is 5.91 Å². The van der Waals surface area contributed by atoms with Crippen LogP contribution in [0.5, 0.6) is 0 Å². The highest BCUT2D eigenvalue weighted by molar-refractivity contribution is 5.77. The Morgan fingerprint density at radius 2 is 2.00 bits per heavy atom. The molecule has 0 aromatic rings. The van der Waals surface area contributed by atoms with Crippen molar-refractivity contribution in [2.45, 2.75) is 40.0 Å². The van der Waals surface area contributed by atoms with Crippen LogP contribution < -0.4 is 5.73 Å². The van der Waals surface area contributed by atoms with Crippen LogP contribution in [0.2, 0.25) is 0 Å². The summed E-state index contributed by atoms with van der Waals surface area (Å²) in [6.07, 6.45) is 3.43. The van der Waals surface area contributed by atoms with Crippen molar-refractivity contribution in [3.05, 3.63) is 0 Å². The molecule has 0 spiro atoms. The van der Waals surface area contributed by atoms with E-state index in [0.717, 1.165) is 6.42 Å². The van der Waals surface area contributed by atoms with Gasteiger partial charge in [-0.3, -0.25) is 4.79 Å². The molecule has 2 unspecified atom stereocenters. The average molecular weight is 183 g/mol. The van der Waals surface area contributed by atoms with Gasteiger partial charge < -0.3 is 5.73 Å². The van der Waals surface area contributed by atoms with Crippen LogP contribution in [-0.4, -0.2) is 5.91 Å². The summed E-state index contributed by atoms with van der Waals surface area (Å²) in [7, 11) is 0. The lowest BCUT2D eigenvalue weighted by Gasteiger charge is -2.35. The smallest absolute Gasteiger partial charge is 0.220 e. The van der Waals surface area contributed by atoms with Crippen molar-refractivity contribution in [3.8, 4) is 0 Å². The molecule has 1 rings (SSSR count). The quantitative estimate of drug-likeness (QED) is 0.700. The van der Waals surface area contributed by atoms with E-state index in [1.165, 1.54) is 12.8 Å². The van der Waals surface area contributed by atoms with Gasteiger partial charge in [0.25, 0.3) is 0 Å². The van der Waals surface area contributed by atoms with Gasteiger partial charge in [-0.2, -0.15) is 0 Å². The van der Waals surface area contributed by atoms with Crippen molar-refractivity contribution >= 4 is 5.91 Å². The normalized spacial score (nSPS) is 34.9. The number of carbonyl (C=O) groups is 1. The third-order valence-corrected chi connectivity index (χ3v) is 3.39. The third kappa shape index (κ3) is 2.45. The van der Waals surface area contributed by atoms with Gasteiger partial charge in [-0.05, 0) is 30.6 Å². The molecule has 1 amide bonds. The monoisotopic (exact) mass is 183 g/mol. The molecule has 2 nitrogen and oxygen atoms in total. The van der Waals surface area contributed by atoms with Gasteiger partial charge in [0.1, 0.15) is 0 Å². The molecule has 1 aliphatic carbocycles. The summed E-state index contributed by atoms with van der Waals surface area (Å²) in [5.74, 6) is 1.82. The molecule has 2 heteroatoms. The Balaban J connectivity index is 2.66. The van der Waals surface area contributed by atoms with Crippen molar-refractivity contribution in [2.24, 2.45) is 29.4 Å². The largest absolute Gasteiger partial charge is 0.369 e. The third-order valence-electron chi connectivity index (χ3n) is 3.39. The molecule has 0 aliphatic heterocycles. The molecular formula is C11H21NO. The SMILES string of the molecule is CC1CCC(C(C)C)[C@H](C(N)=O)C1. The zero-order valence-corrected chi connectivity index (χ0v) is 8.92. The second kappa shape index (κ2) is 4.12. The molecule has 0 radical (unpaired) electrons. The lowest BCUT2D eigenvalue weighted by Crippen LogP contribution is -2.37. The number of hydrogen-bond acceptors (Lipinski definition) is 1. The number of amides is 1. The molecule has 0 aromatic carbocycles. The van der Waals surface area contributed by atoms with Gasteiger partial charge in [-0.1, -0.05) is 27.2 Å². The Morgan fingerprint density at radius 1 is 1.38 bits per heavy atom. The lowest BCUT2D eigenvalue weighted by molar-refractivity contribution is -0.125. The fourth-order valence-corrected chi connectivity index (χ4v) is 2.53. The predicted octanol–water partition coefficient (Wildman–Crippen LogP) is 2.18. The van der Waals surface area contributed by atoms with Crippen LogP contribution >= 0.6 is 0 Å². The van der Waals surface area contributed by atoms with Gasteiger partial charge >= 0.3 is 0 Å². The van der Waals surface area contributed by atoms with E-state index in [1.54, 1.807) is 0 Å². The summed E-state index contributed by atoms with van der Waals surface area (Å²) in [6.45, 7) is 6.60. The zero-order chi connectivity index (χ0) is 10.0. The van der Waals surface area contributed by atoms with Crippen molar-refractivity contribution < 1.29 is 4.79 Å². The van der Waals surface area contributed by atoms with Gasteiger partial charge in [0.15, 0.2) is 0 Å². The first-order valence-electron chi connectivity index (χ1n) is 5.31. The van der Waals surface area contributed by atoms with E-state index in [1.807, 2.05) is 0 Å². The first kappa shape index (κ1) is 10.6. The molecule has 13 heavy (non-hydrogen) atoms. The van der Waals surface area contributed by atoms with Gasteiger partial charge in [0.05, 0.1) is 0 Å². The molecule has 3 atom stereocenters. The van der Waals surface area contributed by atoms with E-state index in [0.29, 0.717) is 17.8 Å². The summed E-state index contributed by atoms with van der Waals surface area (Å²) in [5.41, 5.74) is 5.42. The molecule has 1 fully saturated rings. The Kier molecular flexibility index (Phi) is 3.34. The first-order chi connectivity index (χ1) is 6.02. The van der Waals surface area contributed by atoms with Crippen LogP contribution in [0.4, 0.5) is 0 Å². The van der Waals surface area contributed by atoms with Crippen LogP contribution in [-0.2, 0) is 4.79 Å². The molecule has 0 heterocycles. The molecule has 0 aromatic heterocycles. The Labute approximate surface area is 80.9 Å². The fourth-order valence-electron chi connectivity index (χ4n) is 2.53. The van der Waals surface area contributed by atoms with E-state index in [9.17, 15) is 4.79 Å². The van der Waals surface area contributed by atoms with Crippen molar-refractivity contribution in [1.29, 1.82) is 0 Å². The summed E-state index contributed by atoms with van der Waals surface area (Å²) >= 11 is 0. The Bertz CT molecular complexity index is 189. The number of rotatable bonds is 2. The maximum absolute atomic E-state index is 11.2. The molecule has 2 N–H and O–H groups in total. The second-order valence-corrected chi connectivity index (χ2v) is 4.83. The molecule has 76 valence electrons. The van der Waals surface area contributed by atoms with E-state index < -0.39 is 0 Å². The average Bonchev–Trinajstić information content (AvgIpc) is 2.03. The highest BCUT2D eigenvalue weighted by Gasteiger charge is 2.33. The lowest BCUT2D eigenvalue weighted by atomic mass is 9.70.